The number of piperidine rings is 1. The molecular weight excluding hydrogens is 624 g/mol. The van der Waals surface area contributed by atoms with Crippen molar-refractivity contribution in [2.24, 2.45) is 5.92 Å². The van der Waals surface area contributed by atoms with Crippen molar-refractivity contribution in [3.63, 3.8) is 0 Å². The van der Waals surface area contributed by atoms with Gasteiger partial charge in [0, 0.05) is 30.1 Å². The average molecular weight is 658 g/mol. The molecule has 45 heavy (non-hydrogen) atoms. The van der Waals surface area contributed by atoms with Crippen molar-refractivity contribution in [2.75, 3.05) is 24.5 Å². The fourth-order valence-electron chi connectivity index (χ4n) is 5.67. The van der Waals surface area contributed by atoms with Gasteiger partial charge in [-0.05, 0) is 62.9 Å². The van der Waals surface area contributed by atoms with Crippen LogP contribution in [-0.2, 0) is 23.9 Å². The summed E-state index contributed by atoms with van der Waals surface area (Å²) < 4.78 is 81.8. The number of carboxylic acids is 1. The lowest BCUT2D eigenvalue weighted by Crippen LogP contribution is -2.40. The largest absolute Gasteiger partial charge is 0.481 e. The molecule has 0 aliphatic carbocycles. The number of alkyl halides is 6. The van der Waals surface area contributed by atoms with E-state index in [4.69, 9.17) is 0 Å². The Hall–Kier alpha value is -3.59. The molecule has 2 aliphatic heterocycles. The number of likely N-dealkylation sites (tertiary alicyclic amines) is 1. The van der Waals surface area contributed by atoms with E-state index >= 15 is 0 Å². The third-order valence-corrected chi connectivity index (χ3v) is 8.95. The summed E-state index contributed by atoms with van der Waals surface area (Å²) >= 11 is 0.998. The number of halogens is 6. The van der Waals surface area contributed by atoms with Gasteiger partial charge in [-0.15, -0.1) is 11.3 Å². The lowest BCUT2D eigenvalue weighted by atomic mass is 9.97. The molecule has 0 saturated carbocycles. The van der Waals surface area contributed by atoms with Crippen LogP contribution < -0.4 is 4.90 Å². The van der Waals surface area contributed by atoms with Gasteiger partial charge in [-0.2, -0.15) is 26.3 Å². The summed E-state index contributed by atoms with van der Waals surface area (Å²) in [4.78, 5) is 40.8. The van der Waals surface area contributed by atoms with Crippen LogP contribution in [0.1, 0.15) is 64.6 Å². The molecule has 4 heterocycles. The monoisotopic (exact) mass is 657 g/mol. The number of Topliss-reactive ketones (excluding diaryl/α,β-unsaturated/α-hetero) is 1. The molecule has 15 heteroatoms. The fourth-order valence-corrected chi connectivity index (χ4v) is 6.79. The molecule has 244 valence electrons. The smallest absolute Gasteiger partial charge is 0.416 e. The van der Waals surface area contributed by atoms with Gasteiger partial charge in [0.05, 0.1) is 36.0 Å². The molecule has 0 spiro atoms. The summed E-state index contributed by atoms with van der Waals surface area (Å²) in [5, 5.41) is 9.42. The molecule has 1 N–H and O–H groups in total. The lowest BCUT2D eigenvalue weighted by Gasteiger charge is -2.30. The van der Waals surface area contributed by atoms with Crippen LogP contribution >= 0.6 is 11.3 Å². The number of ketones is 1. The van der Waals surface area contributed by atoms with E-state index in [0.717, 1.165) is 23.5 Å². The number of benzene rings is 1. The van der Waals surface area contributed by atoms with Crippen LogP contribution in [0.15, 0.2) is 30.6 Å². The van der Waals surface area contributed by atoms with Crippen LogP contribution in [0.3, 0.4) is 0 Å². The number of hydrogen-bond acceptors (Lipinski definition) is 8. The van der Waals surface area contributed by atoms with E-state index in [2.05, 4.69) is 15.0 Å². The molecule has 5 rings (SSSR count). The highest BCUT2D eigenvalue weighted by Crippen LogP contribution is 2.39. The number of carbonyl (C=O) groups excluding carboxylic acids is 1. The SMILES string of the molecule is C.Cc1cc(-c2nc(CC(=O)c3cnc(N4CCC(C(=O)O)CC4)cn3)sc2CN2CCC[C@H]2C(F)(F)F)cc(C(F)(F)F)c1. The van der Waals surface area contributed by atoms with Gasteiger partial charge in [-0.1, -0.05) is 7.43 Å². The third kappa shape index (κ3) is 7.98. The first kappa shape index (κ1) is 34.3. The van der Waals surface area contributed by atoms with Gasteiger partial charge in [0.25, 0.3) is 0 Å². The minimum atomic E-state index is -4.64. The van der Waals surface area contributed by atoms with Crippen LogP contribution in [0.5, 0.6) is 0 Å². The Balaban J connectivity index is 0.00000461. The number of aliphatic carboxylic acids is 1. The predicted molar refractivity (Wildman–Crippen MR) is 156 cm³/mol. The molecule has 0 amide bonds. The topological polar surface area (TPSA) is 99.5 Å². The molecule has 1 atom stereocenters. The highest BCUT2D eigenvalue weighted by molar-refractivity contribution is 7.12. The van der Waals surface area contributed by atoms with Gasteiger partial charge in [-0.25, -0.2) is 15.0 Å². The maximum atomic E-state index is 13.7. The zero-order valence-corrected chi connectivity index (χ0v) is 24.4. The number of hydrogen-bond donors (Lipinski definition) is 1. The Morgan fingerprint density at radius 1 is 1.00 bits per heavy atom. The van der Waals surface area contributed by atoms with Crippen molar-refractivity contribution in [1.29, 1.82) is 0 Å². The summed E-state index contributed by atoms with van der Waals surface area (Å²) in [7, 11) is 0. The first-order chi connectivity index (χ1) is 20.7. The van der Waals surface area contributed by atoms with E-state index < -0.39 is 41.6 Å². The quantitative estimate of drug-likeness (QED) is 0.208. The van der Waals surface area contributed by atoms with Gasteiger partial charge in [0.15, 0.2) is 5.78 Å². The van der Waals surface area contributed by atoms with E-state index in [1.165, 1.54) is 30.3 Å². The van der Waals surface area contributed by atoms with Crippen molar-refractivity contribution in [1.82, 2.24) is 19.9 Å². The zero-order chi connectivity index (χ0) is 31.8. The van der Waals surface area contributed by atoms with E-state index in [9.17, 15) is 41.0 Å². The number of carbonyl (C=O) groups is 2. The lowest BCUT2D eigenvalue weighted by molar-refractivity contribution is -0.177. The number of aryl methyl sites for hydroxylation is 1. The van der Waals surface area contributed by atoms with E-state index in [0.29, 0.717) is 48.6 Å². The second kappa shape index (κ2) is 13.4. The second-order valence-corrected chi connectivity index (χ2v) is 12.3. The molecule has 0 unspecified atom stereocenters. The van der Waals surface area contributed by atoms with Gasteiger partial charge in [0.1, 0.15) is 22.6 Å². The van der Waals surface area contributed by atoms with Gasteiger partial charge < -0.3 is 10.0 Å². The zero-order valence-electron chi connectivity index (χ0n) is 23.6. The fraction of sp³-hybridized carbons (Fsp3) is 0.500. The van der Waals surface area contributed by atoms with E-state index in [-0.39, 0.29) is 55.3 Å². The molecule has 8 nitrogen and oxygen atoms in total. The maximum absolute atomic E-state index is 13.7. The molecule has 2 fully saturated rings. The van der Waals surface area contributed by atoms with Crippen molar-refractivity contribution in [2.45, 2.75) is 71.4 Å². The molecular formula is C30H33F6N5O3S. The Bertz CT molecular complexity index is 1520. The molecule has 2 aliphatic rings. The number of aromatic nitrogens is 3. The first-order valence-electron chi connectivity index (χ1n) is 14.0. The number of carboxylic acid groups (broad SMARTS) is 1. The van der Waals surface area contributed by atoms with Crippen LogP contribution in [-0.4, -0.2) is 68.6 Å². The van der Waals surface area contributed by atoms with Gasteiger partial charge >= 0.3 is 18.3 Å². The third-order valence-electron chi connectivity index (χ3n) is 7.91. The number of anilines is 1. The Morgan fingerprint density at radius 2 is 1.71 bits per heavy atom. The van der Waals surface area contributed by atoms with E-state index in [1.54, 1.807) is 0 Å². The minimum absolute atomic E-state index is 0. The van der Waals surface area contributed by atoms with Crippen LogP contribution in [0.25, 0.3) is 11.3 Å². The summed E-state index contributed by atoms with van der Waals surface area (Å²) in [6.45, 7) is 2.45. The Labute approximate surface area is 260 Å². The molecule has 3 aromatic rings. The molecule has 1 aromatic carbocycles. The summed E-state index contributed by atoms with van der Waals surface area (Å²) in [6.07, 6.45) is -5.47. The minimum Gasteiger partial charge on any atom is -0.481 e. The van der Waals surface area contributed by atoms with Crippen molar-refractivity contribution < 1.29 is 41.0 Å². The number of nitrogens with zero attached hydrogens (tertiary/aromatic N) is 5. The average Bonchev–Trinajstić information content (AvgIpc) is 3.59. The highest BCUT2D eigenvalue weighted by Gasteiger charge is 2.46. The second-order valence-electron chi connectivity index (χ2n) is 11.1. The number of thiazole rings is 1. The molecule has 0 bridgehead atoms. The summed E-state index contributed by atoms with van der Waals surface area (Å²) in [5.74, 6) is -1.23. The van der Waals surface area contributed by atoms with E-state index in [1.807, 2.05) is 4.90 Å². The van der Waals surface area contributed by atoms with Crippen LogP contribution in [0.4, 0.5) is 32.2 Å². The first-order valence-corrected chi connectivity index (χ1v) is 14.8. The van der Waals surface area contributed by atoms with Crippen molar-refractivity contribution >= 4 is 28.9 Å². The van der Waals surface area contributed by atoms with Crippen molar-refractivity contribution in [3.05, 3.63) is 57.3 Å². The van der Waals surface area contributed by atoms with Gasteiger partial charge in [0.2, 0.25) is 0 Å². The standard InChI is InChI=1S/C29H29F6N5O3S.CH4/c1-16-9-18(11-19(10-16)28(30,31)32)26-22(15-40-6-2-3-23(40)29(33,34)35)44-25(38-26)12-21(41)20-13-37-24(14-36-20)39-7-4-17(5-8-39)27(42)43;/h9-11,13-14,17,23H,2-8,12,15H2,1H3,(H,42,43);1H4/t23-;/m0./s1. The Morgan fingerprint density at radius 3 is 2.31 bits per heavy atom. The molecule has 2 aromatic heterocycles. The van der Waals surface area contributed by atoms with Crippen molar-refractivity contribution in [3.8, 4) is 11.3 Å². The molecule has 2 saturated heterocycles. The number of rotatable bonds is 8. The summed E-state index contributed by atoms with van der Waals surface area (Å²) in [5.41, 5.74) is -0.338. The normalized spacial score (nSPS) is 18.2. The summed E-state index contributed by atoms with van der Waals surface area (Å²) in [6, 6.07) is 1.73. The van der Waals surface area contributed by atoms with Gasteiger partial charge in [-0.3, -0.25) is 14.5 Å². The van der Waals surface area contributed by atoms with Crippen LogP contribution in [0.2, 0.25) is 0 Å². The predicted octanol–water partition coefficient (Wildman–Crippen LogP) is 6.82. The maximum Gasteiger partial charge on any atom is 0.416 e. The Kier molecular flexibility index (Phi) is 10.2. The van der Waals surface area contributed by atoms with Crippen LogP contribution in [0, 0.1) is 12.8 Å². The highest BCUT2D eigenvalue weighted by atomic mass is 32.1. The molecule has 0 radical (unpaired) electrons.